The zero-order valence-electron chi connectivity index (χ0n) is 7.45. The van der Waals surface area contributed by atoms with Crippen molar-refractivity contribution < 1.29 is 13.5 Å². The molecule has 0 aromatic heterocycles. The lowest BCUT2D eigenvalue weighted by Gasteiger charge is -2.09. The molecule has 0 aromatic rings. The fourth-order valence-electron chi connectivity index (χ4n) is 0.617. The second-order valence-electron chi connectivity index (χ2n) is 2.74. The van der Waals surface area contributed by atoms with Crippen LogP contribution in [-0.4, -0.2) is 58.0 Å². The topological polar surface area (TPSA) is 69.6 Å². The van der Waals surface area contributed by atoms with E-state index in [2.05, 4.69) is 4.72 Å². The Morgan fingerprint density at radius 2 is 2.00 bits per heavy atom. The number of sulfonamides is 1. The predicted octanol–water partition coefficient (Wildman–Crippen LogP) is -1.54. The third-order valence-electron chi connectivity index (χ3n) is 1.24. The number of hydrogen-bond donors (Lipinski definition) is 2. The molecular formula is C6H16N2O3S. The summed E-state index contributed by atoms with van der Waals surface area (Å²) in [6, 6.07) is 0. The molecule has 74 valence electrons. The fourth-order valence-corrected chi connectivity index (χ4v) is 1.40. The van der Waals surface area contributed by atoms with Crippen molar-refractivity contribution in [2.75, 3.05) is 39.5 Å². The highest BCUT2D eigenvalue weighted by Crippen LogP contribution is 1.82. The minimum atomic E-state index is -3.25. The zero-order chi connectivity index (χ0) is 9.61. The van der Waals surface area contributed by atoms with E-state index in [9.17, 15) is 8.42 Å². The van der Waals surface area contributed by atoms with Crippen molar-refractivity contribution in [1.82, 2.24) is 9.62 Å². The molecule has 0 aliphatic carbocycles. The van der Waals surface area contributed by atoms with Gasteiger partial charge in [0.15, 0.2) is 0 Å². The third kappa shape index (κ3) is 6.53. The Bertz CT molecular complexity index is 201. The SMILES string of the molecule is CN(C)CCNS(=O)(=O)CCO. The Morgan fingerprint density at radius 1 is 1.42 bits per heavy atom. The van der Waals surface area contributed by atoms with Crippen LogP contribution in [0.5, 0.6) is 0 Å². The molecule has 0 radical (unpaired) electrons. The number of aliphatic hydroxyl groups is 1. The average molecular weight is 196 g/mol. The Morgan fingerprint density at radius 3 is 2.42 bits per heavy atom. The van der Waals surface area contributed by atoms with E-state index in [1.165, 1.54) is 0 Å². The molecule has 0 aliphatic rings. The van der Waals surface area contributed by atoms with Crippen LogP contribution in [0.25, 0.3) is 0 Å². The summed E-state index contributed by atoms with van der Waals surface area (Å²) in [5, 5.41) is 8.38. The van der Waals surface area contributed by atoms with E-state index in [4.69, 9.17) is 5.11 Å². The maximum absolute atomic E-state index is 10.9. The van der Waals surface area contributed by atoms with Crippen LogP contribution in [0.2, 0.25) is 0 Å². The zero-order valence-corrected chi connectivity index (χ0v) is 8.26. The minimum absolute atomic E-state index is 0.222. The van der Waals surface area contributed by atoms with Crippen LogP contribution >= 0.6 is 0 Å². The number of hydrogen-bond acceptors (Lipinski definition) is 4. The van der Waals surface area contributed by atoms with Crippen LogP contribution in [0, 0.1) is 0 Å². The summed E-state index contributed by atoms with van der Waals surface area (Å²) >= 11 is 0. The molecule has 0 bridgehead atoms. The molecule has 0 atom stereocenters. The van der Waals surface area contributed by atoms with Crippen LogP contribution in [0.15, 0.2) is 0 Å². The van der Waals surface area contributed by atoms with Crippen LogP contribution in [0.3, 0.4) is 0 Å². The van der Waals surface area contributed by atoms with Gasteiger partial charge < -0.3 is 10.0 Å². The Labute approximate surface area is 73.4 Å². The van der Waals surface area contributed by atoms with E-state index in [0.717, 1.165) is 0 Å². The quantitative estimate of drug-likeness (QED) is 0.540. The molecule has 0 amide bonds. The molecule has 12 heavy (non-hydrogen) atoms. The molecule has 2 N–H and O–H groups in total. The molecule has 0 saturated heterocycles. The normalized spacial score (nSPS) is 12.3. The Balaban J connectivity index is 3.62. The summed E-state index contributed by atoms with van der Waals surface area (Å²) in [6.07, 6.45) is 0. The number of likely N-dealkylation sites (N-methyl/N-ethyl adjacent to an activating group) is 1. The van der Waals surface area contributed by atoms with Gasteiger partial charge in [0.2, 0.25) is 10.0 Å². The van der Waals surface area contributed by atoms with Gasteiger partial charge in [-0.25, -0.2) is 13.1 Å². The predicted molar refractivity (Wildman–Crippen MR) is 47.4 cm³/mol. The van der Waals surface area contributed by atoms with E-state index in [1.54, 1.807) is 0 Å². The second kappa shape index (κ2) is 5.47. The first-order valence-electron chi connectivity index (χ1n) is 3.71. The minimum Gasteiger partial charge on any atom is -0.395 e. The molecule has 0 rings (SSSR count). The highest BCUT2D eigenvalue weighted by molar-refractivity contribution is 7.89. The maximum Gasteiger partial charge on any atom is 0.213 e. The summed E-state index contributed by atoms with van der Waals surface area (Å²) < 4.78 is 24.2. The summed E-state index contributed by atoms with van der Waals surface area (Å²) in [4.78, 5) is 1.88. The molecule has 0 fully saturated rings. The van der Waals surface area contributed by atoms with Crippen LogP contribution < -0.4 is 4.72 Å². The van der Waals surface area contributed by atoms with Gasteiger partial charge in [0, 0.05) is 13.1 Å². The van der Waals surface area contributed by atoms with Crippen molar-refractivity contribution in [3.63, 3.8) is 0 Å². The first-order valence-corrected chi connectivity index (χ1v) is 5.36. The van der Waals surface area contributed by atoms with Crippen molar-refractivity contribution in [3.8, 4) is 0 Å². The Hall–Kier alpha value is -0.170. The van der Waals surface area contributed by atoms with E-state index in [-0.39, 0.29) is 12.4 Å². The van der Waals surface area contributed by atoms with E-state index in [0.29, 0.717) is 13.1 Å². The van der Waals surface area contributed by atoms with Gasteiger partial charge in [0.05, 0.1) is 12.4 Å². The van der Waals surface area contributed by atoms with Gasteiger partial charge in [0.1, 0.15) is 0 Å². The molecule has 0 spiro atoms. The lowest BCUT2D eigenvalue weighted by molar-refractivity contribution is 0.319. The van der Waals surface area contributed by atoms with Crippen LogP contribution in [0.4, 0.5) is 0 Å². The lowest BCUT2D eigenvalue weighted by Crippen LogP contribution is -2.33. The van der Waals surface area contributed by atoms with Gasteiger partial charge in [-0.2, -0.15) is 0 Å². The first-order chi connectivity index (χ1) is 5.48. The monoisotopic (exact) mass is 196 g/mol. The van der Waals surface area contributed by atoms with Gasteiger partial charge in [-0.1, -0.05) is 0 Å². The maximum atomic E-state index is 10.9. The largest absolute Gasteiger partial charge is 0.395 e. The molecular weight excluding hydrogens is 180 g/mol. The average Bonchev–Trinajstić information content (AvgIpc) is 1.85. The fraction of sp³-hybridized carbons (Fsp3) is 1.00. The number of rotatable bonds is 6. The number of nitrogens with one attached hydrogen (secondary N) is 1. The molecule has 0 aliphatic heterocycles. The van der Waals surface area contributed by atoms with Crippen molar-refractivity contribution >= 4 is 10.0 Å². The lowest BCUT2D eigenvalue weighted by atomic mass is 10.6. The molecule has 5 nitrogen and oxygen atoms in total. The van der Waals surface area contributed by atoms with Crippen LogP contribution in [0.1, 0.15) is 0 Å². The standard InChI is InChI=1S/C6H16N2O3S/c1-8(2)4-3-7-12(10,11)6-5-9/h7,9H,3-6H2,1-2H3. The van der Waals surface area contributed by atoms with Gasteiger partial charge in [-0.15, -0.1) is 0 Å². The van der Waals surface area contributed by atoms with E-state index < -0.39 is 10.0 Å². The highest BCUT2D eigenvalue weighted by atomic mass is 32.2. The van der Waals surface area contributed by atoms with Gasteiger partial charge in [-0.05, 0) is 14.1 Å². The van der Waals surface area contributed by atoms with Gasteiger partial charge >= 0.3 is 0 Å². The van der Waals surface area contributed by atoms with Gasteiger partial charge in [0.25, 0.3) is 0 Å². The highest BCUT2D eigenvalue weighted by Gasteiger charge is 2.07. The molecule has 0 saturated carbocycles. The van der Waals surface area contributed by atoms with Crippen molar-refractivity contribution in [1.29, 1.82) is 0 Å². The second-order valence-corrected chi connectivity index (χ2v) is 4.67. The smallest absolute Gasteiger partial charge is 0.213 e. The van der Waals surface area contributed by atoms with Gasteiger partial charge in [-0.3, -0.25) is 0 Å². The van der Waals surface area contributed by atoms with Crippen LogP contribution in [-0.2, 0) is 10.0 Å². The Kier molecular flexibility index (Phi) is 5.39. The van der Waals surface area contributed by atoms with E-state index >= 15 is 0 Å². The molecule has 6 heteroatoms. The number of nitrogens with zero attached hydrogens (tertiary/aromatic N) is 1. The van der Waals surface area contributed by atoms with Crippen molar-refractivity contribution in [2.24, 2.45) is 0 Å². The summed E-state index contributed by atoms with van der Waals surface area (Å²) in [5.74, 6) is -0.222. The van der Waals surface area contributed by atoms with Crippen molar-refractivity contribution in [3.05, 3.63) is 0 Å². The summed E-state index contributed by atoms with van der Waals surface area (Å²) in [6.45, 7) is 0.706. The molecule has 0 aromatic carbocycles. The third-order valence-corrected chi connectivity index (χ3v) is 2.60. The summed E-state index contributed by atoms with van der Waals surface area (Å²) in [5.41, 5.74) is 0. The number of aliphatic hydroxyl groups excluding tert-OH is 1. The molecule has 0 heterocycles. The first kappa shape index (κ1) is 11.8. The molecule has 0 unspecified atom stereocenters. The summed E-state index contributed by atoms with van der Waals surface area (Å²) in [7, 11) is 0.469. The van der Waals surface area contributed by atoms with Crippen molar-refractivity contribution in [2.45, 2.75) is 0 Å². The van der Waals surface area contributed by atoms with E-state index in [1.807, 2.05) is 19.0 Å².